The van der Waals surface area contributed by atoms with Crippen molar-refractivity contribution in [1.29, 1.82) is 0 Å². The number of halogens is 1. The van der Waals surface area contributed by atoms with Crippen molar-refractivity contribution in [3.63, 3.8) is 0 Å². The molecule has 1 aliphatic carbocycles. The Morgan fingerprint density at radius 1 is 1.25 bits per heavy atom. The van der Waals surface area contributed by atoms with Crippen LogP contribution in [0.4, 0.5) is 4.39 Å². The van der Waals surface area contributed by atoms with Crippen LogP contribution in [0, 0.1) is 11.7 Å². The predicted octanol–water partition coefficient (Wildman–Crippen LogP) is 3.12. The summed E-state index contributed by atoms with van der Waals surface area (Å²) in [5.41, 5.74) is 0. The average Bonchev–Trinajstić information content (AvgIpc) is 3.08. The minimum Gasteiger partial charge on any atom is -0.354 e. The van der Waals surface area contributed by atoms with Crippen LogP contribution >= 0.6 is 11.8 Å². The largest absolute Gasteiger partial charge is 0.354 e. The number of thioether (sulfide) groups is 1. The molecule has 0 aliphatic heterocycles. The molecule has 4 nitrogen and oxygen atoms in total. The van der Waals surface area contributed by atoms with Crippen LogP contribution in [0.15, 0.2) is 29.2 Å². The number of hydrogen-bond acceptors (Lipinski definition) is 3. The first kappa shape index (κ1) is 18.8. The molecule has 1 aromatic rings. The quantitative estimate of drug-likeness (QED) is 0.558. The Hall–Kier alpha value is -1.56. The van der Waals surface area contributed by atoms with Crippen LogP contribution in [0.3, 0.4) is 0 Å². The summed E-state index contributed by atoms with van der Waals surface area (Å²) in [5.74, 6) is 0.628. The molecule has 1 atom stereocenters. The van der Waals surface area contributed by atoms with Gasteiger partial charge in [-0.15, -0.1) is 11.8 Å². The van der Waals surface area contributed by atoms with Crippen molar-refractivity contribution in [2.45, 2.75) is 50.0 Å². The molecule has 1 fully saturated rings. The number of nitrogens with one attached hydrogen (secondary N) is 2. The third kappa shape index (κ3) is 6.15. The van der Waals surface area contributed by atoms with Gasteiger partial charge in [-0.1, -0.05) is 12.8 Å². The number of benzene rings is 1. The van der Waals surface area contributed by atoms with Crippen LogP contribution in [-0.2, 0) is 9.59 Å². The van der Waals surface area contributed by atoms with Gasteiger partial charge in [0.2, 0.25) is 11.8 Å². The van der Waals surface area contributed by atoms with Gasteiger partial charge in [-0.3, -0.25) is 9.59 Å². The summed E-state index contributed by atoms with van der Waals surface area (Å²) in [4.78, 5) is 24.7. The molecule has 1 saturated carbocycles. The summed E-state index contributed by atoms with van der Waals surface area (Å²) in [6.45, 7) is 2.03. The molecule has 0 saturated heterocycles. The van der Waals surface area contributed by atoms with Crippen molar-refractivity contribution in [3.8, 4) is 0 Å². The summed E-state index contributed by atoms with van der Waals surface area (Å²) in [7, 11) is 0. The zero-order chi connectivity index (χ0) is 17.4. The van der Waals surface area contributed by atoms with E-state index in [4.69, 9.17) is 0 Å². The van der Waals surface area contributed by atoms with Crippen molar-refractivity contribution in [2.75, 3.05) is 12.3 Å². The maximum atomic E-state index is 12.8. The van der Waals surface area contributed by atoms with E-state index in [0.717, 1.165) is 42.8 Å². The molecule has 2 rings (SSSR count). The number of hydrogen-bond donors (Lipinski definition) is 2. The lowest BCUT2D eigenvalue weighted by Gasteiger charge is -2.23. The van der Waals surface area contributed by atoms with Gasteiger partial charge >= 0.3 is 0 Å². The second-order valence-electron chi connectivity index (χ2n) is 6.17. The maximum Gasteiger partial charge on any atom is 0.242 e. The lowest BCUT2D eigenvalue weighted by molar-refractivity contribution is -0.129. The number of carbonyl (C=O) groups excluding carboxylic acids is 2. The highest BCUT2D eigenvalue weighted by atomic mass is 32.2. The highest BCUT2D eigenvalue weighted by Crippen LogP contribution is 2.28. The standard InChI is InChI=1S/C18H25FN2O2S/c1-13(22)21-17(14-5-2-3-6-14)18(23)20-11-4-12-24-16-9-7-15(19)8-10-16/h7-10,14,17H,2-6,11-12H2,1H3,(H,20,23)(H,21,22). The molecule has 2 N–H and O–H groups in total. The molecule has 1 aromatic carbocycles. The first-order chi connectivity index (χ1) is 11.6. The van der Waals surface area contributed by atoms with Crippen LogP contribution in [0.25, 0.3) is 0 Å². The molecule has 0 bridgehead atoms. The van der Waals surface area contributed by atoms with Gasteiger partial charge in [0.25, 0.3) is 0 Å². The molecular weight excluding hydrogens is 327 g/mol. The molecule has 0 heterocycles. The third-order valence-corrected chi connectivity index (χ3v) is 5.31. The van der Waals surface area contributed by atoms with Gasteiger partial charge in [0.15, 0.2) is 0 Å². The minimum absolute atomic E-state index is 0.0797. The van der Waals surface area contributed by atoms with Gasteiger partial charge < -0.3 is 10.6 Å². The van der Waals surface area contributed by atoms with E-state index in [9.17, 15) is 14.0 Å². The zero-order valence-electron chi connectivity index (χ0n) is 14.0. The first-order valence-corrected chi connectivity index (χ1v) is 9.48. The molecule has 1 aliphatic rings. The second kappa shape index (κ2) is 9.67. The highest BCUT2D eigenvalue weighted by molar-refractivity contribution is 7.99. The molecule has 0 spiro atoms. The zero-order valence-corrected chi connectivity index (χ0v) is 14.8. The van der Waals surface area contributed by atoms with Gasteiger partial charge in [-0.05, 0) is 55.2 Å². The van der Waals surface area contributed by atoms with E-state index in [1.807, 2.05) is 0 Å². The fourth-order valence-electron chi connectivity index (χ4n) is 3.02. The van der Waals surface area contributed by atoms with Crippen LogP contribution in [0.1, 0.15) is 39.0 Å². The van der Waals surface area contributed by atoms with Crippen LogP contribution < -0.4 is 10.6 Å². The highest BCUT2D eigenvalue weighted by Gasteiger charge is 2.30. The summed E-state index contributed by atoms with van der Waals surface area (Å²) in [6.07, 6.45) is 5.08. The van der Waals surface area contributed by atoms with E-state index in [2.05, 4.69) is 10.6 Å². The molecule has 24 heavy (non-hydrogen) atoms. The monoisotopic (exact) mass is 352 g/mol. The van der Waals surface area contributed by atoms with Crippen molar-refractivity contribution in [1.82, 2.24) is 10.6 Å². The SMILES string of the molecule is CC(=O)NC(C(=O)NCCCSc1ccc(F)cc1)C1CCCC1. The van der Waals surface area contributed by atoms with Crippen molar-refractivity contribution < 1.29 is 14.0 Å². The molecule has 1 unspecified atom stereocenters. The van der Waals surface area contributed by atoms with E-state index in [1.165, 1.54) is 19.1 Å². The van der Waals surface area contributed by atoms with E-state index in [1.54, 1.807) is 23.9 Å². The fraction of sp³-hybridized carbons (Fsp3) is 0.556. The lowest BCUT2D eigenvalue weighted by Crippen LogP contribution is -2.50. The van der Waals surface area contributed by atoms with Crippen molar-refractivity contribution in [2.24, 2.45) is 5.92 Å². The van der Waals surface area contributed by atoms with Crippen LogP contribution in [-0.4, -0.2) is 30.2 Å². The topological polar surface area (TPSA) is 58.2 Å². The lowest BCUT2D eigenvalue weighted by atomic mass is 9.97. The number of amides is 2. The molecule has 0 aromatic heterocycles. The second-order valence-corrected chi connectivity index (χ2v) is 7.34. The van der Waals surface area contributed by atoms with Gasteiger partial charge in [0.1, 0.15) is 11.9 Å². The van der Waals surface area contributed by atoms with E-state index in [0.29, 0.717) is 6.54 Å². The smallest absolute Gasteiger partial charge is 0.242 e. The van der Waals surface area contributed by atoms with Gasteiger partial charge in [-0.25, -0.2) is 4.39 Å². The van der Waals surface area contributed by atoms with Gasteiger partial charge in [0, 0.05) is 18.4 Å². The summed E-state index contributed by atoms with van der Waals surface area (Å²) in [5, 5.41) is 5.74. The Bertz CT molecular complexity index is 544. The van der Waals surface area contributed by atoms with Crippen LogP contribution in [0.2, 0.25) is 0 Å². The Kier molecular flexibility index (Phi) is 7.56. The van der Waals surface area contributed by atoms with E-state index in [-0.39, 0.29) is 23.5 Å². The van der Waals surface area contributed by atoms with E-state index < -0.39 is 6.04 Å². The third-order valence-electron chi connectivity index (χ3n) is 4.22. The number of carbonyl (C=O) groups is 2. The Balaban J connectivity index is 1.70. The molecular formula is C18H25FN2O2S. The molecule has 132 valence electrons. The fourth-order valence-corrected chi connectivity index (χ4v) is 3.87. The van der Waals surface area contributed by atoms with E-state index >= 15 is 0 Å². The molecule has 0 radical (unpaired) electrons. The first-order valence-electron chi connectivity index (χ1n) is 8.49. The van der Waals surface area contributed by atoms with Crippen molar-refractivity contribution >= 4 is 23.6 Å². The average molecular weight is 352 g/mol. The summed E-state index contributed by atoms with van der Waals surface area (Å²) >= 11 is 1.64. The normalized spacial score (nSPS) is 15.9. The Morgan fingerprint density at radius 2 is 1.92 bits per heavy atom. The van der Waals surface area contributed by atoms with Gasteiger partial charge in [0.05, 0.1) is 0 Å². The summed E-state index contributed by atoms with van der Waals surface area (Å²) in [6, 6.07) is 6.00. The Morgan fingerprint density at radius 3 is 2.54 bits per heavy atom. The molecule has 6 heteroatoms. The maximum absolute atomic E-state index is 12.8. The molecule has 2 amide bonds. The number of rotatable bonds is 8. The van der Waals surface area contributed by atoms with Crippen molar-refractivity contribution in [3.05, 3.63) is 30.1 Å². The predicted molar refractivity (Wildman–Crippen MR) is 94.3 cm³/mol. The Labute approximate surface area is 147 Å². The minimum atomic E-state index is -0.408. The summed E-state index contributed by atoms with van der Waals surface area (Å²) < 4.78 is 12.8. The van der Waals surface area contributed by atoms with Gasteiger partial charge in [-0.2, -0.15) is 0 Å². The van der Waals surface area contributed by atoms with Crippen LogP contribution in [0.5, 0.6) is 0 Å².